The molecule has 0 saturated heterocycles. The average molecular weight is 296 g/mol. The fraction of sp³-hybridized carbons (Fsp3) is 0.0714. The second-order valence-electron chi connectivity index (χ2n) is 3.74. The van der Waals surface area contributed by atoms with Crippen LogP contribution >= 0.6 is 23.2 Å². The Balaban J connectivity index is 2.15. The molecular formula is C14H8Cl2FNO. The third kappa shape index (κ3) is 3.17. The highest BCUT2D eigenvalue weighted by Gasteiger charge is 2.08. The van der Waals surface area contributed by atoms with Crippen molar-refractivity contribution < 1.29 is 9.13 Å². The molecule has 2 aromatic rings. The van der Waals surface area contributed by atoms with Gasteiger partial charge in [0, 0.05) is 11.6 Å². The first-order chi connectivity index (χ1) is 9.11. The third-order valence-corrected chi connectivity index (χ3v) is 3.17. The number of nitriles is 1. The Morgan fingerprint density at radius 3 is 2.58 bits per heavy atom. The van der Waals surface area contributed by atoms with Crippen LogP contribution in [0.3, 0.4) is 0 Å². The highest BCUT2D eigenvalue weighted by molar-refractivity contribution is 6.32. The van der Waals surface area contributed by atoms with Crippen LogP contribution in [0, 0.1) is 17.1 Å². The van der Waals surface area contributed by atoms with Crippen molar-refractivity contribution in [1.29, 1.82) is 5.26 Å². The van der Waals surface area contributed by atoms with Crippen molar-refractivity contribution in [3.8, 4) is 11.8 Å². The molecule has 19 heavy (non-hydrogen) atoms. The van der Waals surface area contributed by atoms with Crippen LogP contribution in [-0.2, 0) is 6.61 Å². The molecule has 0 aliphatic carbocycles. The number of rotatable bonds is 3. The van der Waals surface area contributed by atoms with Crippen LogP contribution in [0.4, 0.5) is 4.39 Å². The molecule has 0 atom stereocenters. The van der Waals surface area contributed by atoms with E-state index in [0.717, 1.165) is 0 Å². The molecule has 0 fully saturated rings. The van der Waals surface area contributed by atoms with Crippen molar-refractivity contribution in [3.63, 3.8) is 0 Å². The van der Waals surface area contributed by atoms with E-state index in [0.29, 0.717) is 21.4 Å². The Labute approximate surface area is 119 Å². The molecule has 0 aromatic heterocycles. The van der Waals surface area contributed by atoms with Crippen LogP contribution in [0.2, 0.25) is 10.0 Å². The Morgan fingerprint density at radius 1 is 1.16 bits per heavy atom. The Morgan fingerprint density at radius 2 is 1.95 bits per heavy atom. The lowest BCUT2D eigenvalue weighted by Gasteiger charge is -2.09. The number of halogens is 3. The standard InChI is InChI=1S/C14H8Cl2FNO/c15-12-2-1-3-14(17)11(12)8-19-10-5-4-9(7-18)13(16)6-10/h1-6H,8H2. The highest BCUT2D eigenvalue weighted by Crippen LogP contribution is 2.25. The zero-order valence-corrected chi connectivity index (χ0v) is 11.2. The molecule has 2 aromatic carbocycles. The first kappa shape index (κ1) is 13.7. The number of ether oxygens (including phenoxy) is 1. The monoisotopic (exact) mass is 295 g/mol. The van der Waals surface area contributed by atoms with Crippen LogP contribution in [0.5, 0.6) is 5.75 Å². The minimum atomic E-state index is -0.424. The van der Waals surface area contributed by atoms with E-state index in [9.17, 15) is 4.39 Å². The Kier molecular flexibility index (Phi) is 4.26. The summed E-state index contributed by atoms with van der Waals surface area (Å²) >= 11 is 11.8. The lowest BCUT2D eigenvalue weighted by atomic mass is 10.2. The summed E-state index contributed by atoms with van der Waals surface area (Å²) < 4.78 is 18.9. The van der Waals surface area contributed by atoms with Crippen LogP contribution < -0.4 is 4.74 Å². The maximum atomic E-state index is 13.5. The van der Waals surface area contributed by atoms with Gasteiger partial charge in [-0.2, -0.15) is 5.26 Å². The van der Waals surface area contributed by atoms with Gasteiger partial charge in [-0.15, -0.1) is 0 Å². The van der Waals surface area contributed by atoms with E-state index in [4.69, 9.17) is 33.2 Å². The summed E-state index contributed by atoms with van der Waals surface area (Å²) in [6.07, 6.45) is 0. The van der Waals surface area contributed by atoms with Gasteiger partial charge in [-0.05, 0) is 24.3 Å². The lowest BCUT2D eigenvalue weighted by Crippen LogP contribution is -1.99. The summed E-state index contributed by atoms with van der Waals surface area (Å²) in [4.78, 5) is 0. The Bertz CT molecular complexity index is 632. The molecule has 0 saturated carbocycles. The second kappa shape index (κ2) is 5.92. The largest absolute Gasteiger partial charge is 0.489 e. The average Bonchev–Trinajstić information content (AvgIpc) is 2.38. The number of nitrogens with zero attached hydrogens (tertiary/aromatic N) is 1. The zero-order valence-electron chi connectivity index (χ0n) is 9.66. The predicted molar refractivity (Wildman–Crippen MR) is 71.9 cm³/mol. The van der Waals surface area contributed by atoms with Gasteiger partial charge in [0.15, 0.2) is 0 Å². The zero-order chi connectivity index (χ0) is 13.8. The van der Waals surface area contributed by atoms with Gasteiger partial charge in [0.05, 0.1) is 15.6 Å². The third-order valence-electron chi connectivity index (χ3n) is 2.51. The van der Waals surface area contributed by atoms with E-state index in [1.54, 1.807) is 18.2 Å². The topological polar surface area (TPSA) is 33.0 Å². The van der Waals surface area contributed by atoms with Gasteiger partial charge in [-0.25, -0.2) is 4.39 Å². The molecule has 96 valence electrons. The summed E-state index contributed by atoms with van der Waals surface area (Å²) in [6.45, 7) is -0.00621. The van der Waals surface area contributed by atoms with Gasteiger partial charge in [-0.3, -0.25) is 0 Å². The van der Waals surface area contributed by atoms with Gasteiger partial charge in [0.25, 0.3) is 0 Å². The first-order valence-corrected chi connectivity index (χ1v) is 6.12. The van der Waals surface area contributed by atoms with Gasteiger partial charge in [-0.1, -0.05) is 29.3 Å². The molecular weight excluding hydrogens is 288 g/mol. The van der Waals surface area contributed by atoms with Crippen molar-refractivity contribution in [3.05, 3.63) is 63.4 Å². The van der Waals surface area contributed by atoms with Crippen molar-refractivity contribution in [2.45, 2.75) is 6.61 Å². The summed E-state index contributed by atoms with van der Waals surface area (Å²) in [5, 5.41) is 9.34. The van der Waals surface area contributed by atoms with E-state index in [2.05, 4.69) is 0 Å². The van der Waals surface area contributed by atoms with Gasteiger partial charge < -0.3 is 4.74 Å². The van der Waals surface area contributed by atoms with Crippen LogP contribution in [0.25, 0.3) is 0 Å². The number of hydrogen-bond acceptors (Lipinski definition) is 2. The van der Waals surface area contributed by atoms with Crippen LogP contribution in [0.15, 0.2) is 36.4 Å². The molecule has 2 rings (SSSR count). The van der Waals surface area contributed by atoms with E-state index in [1.165, 1.54) is 18.2 Å². The fourth-order valence-corrected chi connectivity index (χ4v) is 1.93. The van der Waals surface area contributed by atoms with E-state index in [-0.39, 0.29) is 12.2 Å². The maximum Gasteiger partial charge on any atom is 0.131 e. The van der Waals surface area contributed by atoms with E-state index >= 15 is 0 Å². The summed E-state index contributed by atoms with van der Waals surface area (Å²) in [5.41, 5.74) is 0.641. The van der Waals surface area contributed by atoms with E-state index < -0.39 is 5.82 Å². The first-order valence-electron chi connectivity index (χ1n) is 5.37. The Hall–Kier alpha value is -1.76. The molecule has 0 aliphatic rings. The number of benzene rings is 2. The normalized spacial score (nSPS) is 10.0. The molecule has 0 unspecified atom stereocenters. The van der Waals surface area contributed by atoms with Crippen molar-refractivity contribution in [2.24, 2.45) is 0 Å². The molecule has 0 amide bonds. The van der Waals surface area contributed by atoms with Gasteiger partial charge >= 0.3 is 0 Å². The van der Waals surface area contributed by atoms with E-state index in [1.807, 2.05) is 6.07 Å². The SMILES string of the molecule is N#Cc1ccc(OCc2c(F)cccc2Cl)cc1Cl. The lowest BCUT2D eigenvalue weighted by molar-refractivity contribution is 0.300. The van der Waals surface area contributed by atoms with Crippen molar-refractivity contribution >= 4 is 23.2 Å². The minimum absolute atomic E-state index is 0.00621. The minimum Gasteiger partial charge on any atom is -0.489 e. The molecule has 5 heteroatoms. The summed E-state index contributed by atoms with van der Waals surface area (Å²) in [7, 11) is 0. The molecule has 0 bridgehead atoms. The number of hydrogen-bond donors (Lipinski definition) is 0. The smallest absolute Gasteiger partial charge is 0.131 e. The summed E-state index contributed by atoms with van der Waals surface area (Å²) in [5.74, 6) is 0.0237. The van der Waals surface area contributed by atoms with Crippen LogP contribution in [0.1, 0.15) is 11.1 Å². The quantitative estimate of drug-likeness (QED) is 0.830. The molecule has 0 spiro atoms. The fourth-order valence-electron chi connectivity index (χ4n) is 1.50. The highest BCUT2D eigenvalue weighted by atomic mass is 35.5. The van der Waals surface area contributed by atoms with Crippen LogP contribution in [-0.4, -0.2) is 0 Å². The molecule has 0 heterocycles. The van der Waals surface area contributed by atoms with Gasteiger partial charge in [0.1, 0.15) is 24.2 Å². The molecule has 0 radical (unpaired) electrons. The second-order valence-corrected chi connectivity index (χ2v) is 4.56. The van der Waals surface area contributed by atoms with Crippen molar-refractivity contribution in [2.75, 3.05) is 0 Å². The van der Waals surface area contributed by atoms with Gasteiger partial charge in [0.2, 0.25) is 0 Å². The predicted octanol–water partition coefficient (Wildman–Crippen LogP) is 4.58. The molecule has 0 N–H and O–H groups in total. The molecule has 0 aliphatic heterocycles. The summed E-state index contributed by atoms with van der Waals surface area (Å²) in [6, 6.07) is 11.0. The maximum absolute atomic E-state index is 13.5. The van der Waals surface area contributed by atoms with Crippen molar-refractivity contribution in [1.82, 2.24) is 0 Å². The molecule has 2 nitrogen and oxygen atoms in total.